The summed E-state index contributed by atoms with van der Waals surface area (Å²) >= 11 is 0. The monoisotopic (exact) mass is 518 g/mol. The van der Waals surface area contributed by atoms with Crippen molar-refractivity contribution in [3.8, 4) is 11.5 Å². The van der Waals surface area contributed by atoms with Crippen molar-refractivity contribution in [2.24, 2.45) is 0 Å². The molecule has 0 bridgehead atoms. The maximum Gasteiger partial charge on any atom is 0.189 e. The first kappa shape index (κ1) is 29.4. The predicted octanol–water partition coefficient (Wildman–Crippen LogP) is 8.15. The van der Waals surface area contributed by atoms with Gasteiger partial charge < -0.3 is 23.7 Å². The Kier molecular flexibility index (Phi) is 12.4. The fourth-order valence-corrected chi connectivity index (χ4v) is 4.35. The lowest BCUT2D eigenvalue weighted by Gasteiger charge is -2.14. The normalized spacial score (nSPS) is 12.4. The van der Waals surface area contributed by atoms with E-state index in [0.717, 1.165) is 35.8 Å². The standard InChI is InChI=1S/C15H18O2.C14H16O2.C4H8O/c1-4-16-10-17-15-11(2)9-13-7-5-6-8-14(13)12(15)3;1-3-15-10-16-14-9-8-12-6-4-5-7-13(12)11(14)2;1-2-4-5-3-1/h5-9H,4,10H2,1-3H3;4-9H,3,10H2,1-2H3;1-4H2. The molecule has 0 aliphatic carbocycles. The van der Waals surface area contributed by atoms with Gasteiger partial charge in [0.1, 0.15) is 11.5 Å². The molecule has 38 heavy (non-hydrogen) atoms. The Hall–Kier alpha value is -3.12. The molecule has 1 fully saturated rings. The van der Waals surface area contributed by atoms with E-state index in [1.807, 2.05) is 32.0 Å². The summed E-state index contributed by atoms with van der Waals surface area (Å²) in [5, 5.41) is 4.97. The van der Waals surface area contributed by atoms with Gasteiger partial charge in [-0.2, -0.15) is 0 Å². The Balaban J connectivity index is 0.000000178. The van der Waals surface area contributed by atoms with Crippen molar-refractivity contribution in [2.45, 2.75) is 47.5 Å². The second-order valence-electron chi connectivity index (χ2n) is 9.11. The van der Waals surface area contributed by atoms with E-state index in [1.165, 1.54) is 39.9 Å². The van der Waals surface area contributed by atoms with E-state index in [-0.39, 0.29) is 0 Å². The topological polar surface area (TPSA) is 46.2 Å². The van der Waals surface area contributed by atoms with Gasteiger partial charge in [-0.05, 0) is 97.8 Å². The Labute approximate surface area is 227 Å². The first-order chi connectivity index (χ1) is 18.6. The molecule has 5 rings (SSSR count). The number of hydrogen-bond acceptors (Lipinski definition) is 5. The molecule has 1 aliphatic heterocycles. The molecule has 0 radical (unpaired) electrons. The molecule has 5 heteroatoms. The molecule has 1 heterocycles. The van der Waals surface area contributed by atoms with Crippen LogP contribution in [0.3, 0.4) is 0 Å². The smallest absolute Gasteiger partial charge is 0.189 e. The van der Waals surface area contributed by atoms with Crippen LogP contribution in [0.25, 0.3) is 21.5 Å². The second-order valence-corrected chi connectivity index (χ2v) is 9.11. The van der Waals surface area contributed by atoms with Crippen molar-refractivity contribution in [1.29, 1.82) is 0 Å². The highest BCUT2D eigenvalue weighted by molar-refractivity contribution is 5.89. The van der Waals surface area contributed by atoms with Gasteiger partial charge in [-0.15, -0.1) is 0 Å². The fourth-order valence-electron chi connectivity index (χ4n) is 4.35. The lowest BCUT2D eigenvalue weighted by Crippen LogP contribution is -2.04. The van der Waals surface area contributed by atoms with Crippen molar-refractivity contribution in [3.05, 3.63) is 83.4 Å². The molecule has 0 amide bonds. The third kappa shape index (κ3) is 8.45. The van der Waals surface area contributed by atoms with Crippen LogP contribution in [0.5, 0.6) is 11.5 Å². The highest BCUT2D eigenvalue weighted by Gasteiger charge is 2.08. The first-order valence-electron chi connectivity index (χ1n) is 13.5. The molecule has 4 aromatic rings. The van der Waals surface area contributed by atoms with Gasteiger partial charge in [-0.3, -0.25) is 0 Å². The van der Waals surface area contributed by atoms with Gasteiger partial charge in [0.15, 0.2) is 13.6 Å². The summed E-state index contributed by atoms with van der Waals surface area (Å²) in [6.45, 7) is 14.1. The van der Waals surface area contributed by atoms with Crippen LogP contribution in [0.1, 0.15) is 43.4 Å². The average Bonchev–Trinajstić information content (AvgIpc) is 3.53. The van der Waals surface area contributed by atoms with Crippen molar-refractivity contribution in [2.75, 3.05) is 40.0 Å². The third-order valence-electron chi connectivity index (χ3n) is 6.40. The lowest BCUT2D eigenvalue weighted by atomic mass is 10.0. The van der Waals surface area contributed by atoms with Gasteiger partial charge in [-0.1, -0.05) is 54.6 Å². The van der Waals surface area contributed by atoms with E-state index in [0.29, 0.717) is 26.8 Å². The zero-order chi connectivity index (χ0) is 27.2. The molecule has 4 aromatic carbocycles. The number of aryl methyl sites for hydroxylation is 3. The number of ether oxygens (including phenoxy) is 5. The van der Waals surface area contributed by atoms with Gasteiger partial charge in [-0.25, -0.2) is 0 Å². The molecule has 1 saturated heterocycles. The molecule has 0 spiro atoms. The van der Waals surface area contributed by atoms with Gasteiger partial charge in [0, 0.05) is 26.4 Å². The van der Waals surface area contributed by atoms with E-state index >= 15 is 0 Å². The highest BCUT2D eigenvalue weighted by atomic mass is 16.7. The molecule has 204 valence electrons. The van der Waals surface area contributed by atoms with Crippen LogP contribution in [-0.4, -0.2) is 40.0 Å². The van der Waals surface area contributed by atoms with Crippen LogP contribution < -0.4 is 9.47 Å². The average molecular weight is 519 g/mol. The first-order valence-corrected chi connectivity index (χ1v) is 13.5. The van der Waals surface area contributed by atoms with E-state index < -0.39 is 0 Å². The van der Waals surface area contributed by atoms with Crippen LogP contribution in [0.4, 0.5) is 0 Å². The quantitative estimate of drug-likeness (QED) is 0.174. The Bertz CT molecular complexity index is 1260. The van der Waals surface area contributed by atoms with Gasteiger partial charge in [0.25, 0.3) is 0 Å². The summed E-state index contributed by atoms with van der Waals surface area (Å²) in [5.41, 5.74) is 3.50. The fraction of sp³-hybridized carbons (Fsp3) is 0.394. The Morgan fingerprint density at radius 3 is 1.84 bits per heavy atom. The minimum absolute atomic E-state index is 0.315. The number of benzene rings is 4. The second kappa shape index (κ2) is 16.0. The summed E-state index contributed by atoms with van der Waals surface area (Å²) in [5.74, 6) is 1.84. The van der Waals surface area contributed by atoms with Crippen LogP contribution >= 0.6 is 0 Å². The molecule has 5 nitrogen and oxygen atoms in total. The zero-order valence-corrected chi connectivity index (χ0v) is 23.5. The van der Waals surface area contributed by atoms with Gasteiger partial charge in [0.2, 0.25) is 0 Å². The number of hydrogen-bond donors (Lipinski definition) is 0. The van der Waals surface area contributed by atoms with Crippen LogP contribution in [0, 0.1) is 20.8 Å². The molecule has 0 N–H and O–H groups in total. The SMILES string of the molecule is C1CCOC1.CCOCOc1c(C)cc2ccccc2c1C.CCOCOc1ccc2ccccc2c1C. The zero-order valence-electron chi connectivity index (χ0n) is 23.5. The molecular weight excluding hydrogens is 476 g/mol. The molecule has 0 saturated carbocycles. The molecule has 1 aliphatic rings. The van der Waals surface area contributed by atoms with Crippen LogP contribution in [0.2, 0.25) is 0 Å². The van der Waals surface area contributed by atoms with E-state index in [9.17, 15) is 0 Å². The number of fused-ring (bicyclic) bond motifs is 2. The summed E-state index contributed by atoms with van der Waals surface area (Å²) < 4.78 is 26.6. The van der Waals surface area contributed by atoms with E-state index in [4.69, 9.17) is 23.7 Å². The molecular formula is C33H42O5. The Morgan fingerprint density at radius 1 is 0.658 bits per heavy atom. The maximum absolute atomic E-state index is 5.69. The maximum atomic E-state index is 5.69. The Morgan fingerprint density at radius 2 is 1.24 bits per heavy atom. The van der Waals surface area contributed by atoms with Gasteiger partial charge >= 0.3 is 0 Å². The third-order valence-corrected chi connectivity index (χ3v) is 6.40. The molecule has 0 atom stereocenters. The van der Waals surface area contributed by atoms with Crippen LogP contribution in [-0.2, 0) is 14.2 Å². The van der Waals surface area contributed by atoms with Crippen molar-refractivity contribution in [3.63, 3.8) is 0 Å². The minimum Gasteiger partial charge on any atom is -0.467 e. The largest absolute Gasteiger partial charge is 0.467 e. The van der Waals surface area contributed by atoms with E-state index in [2.05, 4.69) is 69.3 Å². The summed E-state index contributed by atoms with van der Waals surface area (Å²) in [7, 11) is 0. The molecule has 0 aromatic heterocycles. The summed E-state index contributed by atoms with van der Waals surface area (Å²) in [6, 6.07) is 22.9. The molecule has 0 unspecified atom stereocenters. The summed E-state index contributed by atoms with van der Waals surface area (Å²) in [4.78, 5) is 0. The van der Waals surface area contributed by atoms with Crippen LogP contribution in [0.15, 0.2) is 66.7 Å². The number of rotatable bonds is 8. The minimum atomic E-state index is 0.315. The van der Waals surface area contributed by atoms with Crippen molar-refractivity contribution in [1.82, 2.24) is 0 Å². The van der Waals surface area contributed by atoms with Crippen molar-refractivity contribution >= 4 is 21.5 Å². The van der Waals surface area contributed by atoms with Crippen molar-refractivity contribution < 1.29 is 23.7 Å². The van der Waals surface area contributed by atoms with E-state index in [1.54, 1.807) is 0 Å². The predicted molar refractivity (Wildman–Crippen MR) is 156 cm³/mol. The highest BCUT2D eigenvalue weighted by Crippen LogP contribution is 2.31. The van der Waals surface area contributed by atoms with Gasteiger partial charge in [0.05, 0.1) is 0 Å². The summed E-state index contributed by atoms with van der Waals surface area (Å²) in [6.07, 6.45) is 2.56. The lowest BCUT2D eigenvalue weighted by molar-refractivity contribution is 0.0216.